The number of phenolic OH excluding ortho intramolecular Hbond substituents is 1. The van der Waals surface area contributed by atoms with E-state index in [4.69, 9.17) is 10.2 Å². The standard InChI is InChI=1S/C18H26O5S2.C2H7N/c1-18(2,3)14-9-12(10-24-6-4-15(19)20)8-13(17(14)23)11-25-7-5-16(21)22;1-3-2/h8-9,23H,4-7,10-11H2,1-3H3,(H,19,20)(H,21,22);3H,1-2H3. The molecule has 1 aromatic carbocycles. The number of aromatic hydroxyl groups is 1. The van der Waals surface area contributed by atoms with Gasteiger partial charge in [-0.1, -0.05) is 32.9 Å². The smallest absolute Gasteiger partial charge is 0.304 e. The van der Waals surface area contributed by atoms with Gasteiger partial charge in [0.25, 0.3) is 0 Å². The number of aliphatic carboxylic acids is 2. The van der Waals surface area contributed by atoms with E-state index in [1.807, 2.05) is 47.0 Å². The van der Waals surface area contributed by atoms with Crippen LogP contribution in [-0.2, 0) is 26.5 Å². The number of thioether (sulfide) groups is 2. The van der Waals surface area contributed by atoms with Crippen molar-refractivity contribution in [2.45, 2.75) is 50.5 Å². The van der Waals surface area contributed by atoms with E-state index in [0.29, 0.717) is 23.0 Å². The second kappa shape index (κ2) is 13.7. The first-order valence-electron chi connectivity index (χ1n) is 9.05. The first kappa shape index (κ1) is 26.6. The molecule has 0 amide bonds. The van der Waals surface area contributed by atoms with Crippen molar-refractivity contribution in [1.29, 1.82) is 0 Å². The first-order valence-corrected chi connectivity index (χ1v) is 11.4. The Bertz CT molecular complexity index is 630. The number of rotatable bonds is 10. The molecule has 0 unspecified atom stereocenters. The number of hydrogen-bond acceptors (Lipinski definition) is 6. The van der Waals surface area contributed by atoms with Gasteiger partial charge in [0.05, 0.1) is 12.8 Å². The van der Waals surface area contributed by atoms with Crippen LogP contribution in [0.1, 0.15) is 50.3 Å². The lowest BCUT2D eigenvalue weighted by molar-refractivity contribution is -0.137. The maximum Gasteiger partial charge on any atom is 0.304 e. The topological polar surface area (TPSA) is 107 Å². The average Bonchev–Trinajstić information content (AvgIpc) is 2.57. The number of carboxylic acids is 2. The predicted molar refractivity (Wildman–Crippen MR) is 119 cm³/mol. The van der Waals surface area contributed by atoms with Gasteiger partial charge in [-0.3, -0.25) is 9.59 Å². The van der Waals surface area contributed by atoms with Crippen LogP contribution in [0.2, 0.25) is 0 Å². The van der Waals surface area contributed by atoms with Gasteiger partial charge in [-0.25, -0.2) is 0 Å². The van der Waals surface area contributed by atoms with Gasteiger partial charge < -0.3 is 20.6 Å². The summed E-state index contributed by atoms with van der Waals surface area (Å²) in [5, 5.41) is 30.8. The molecule has 8 heteroatoms. The van der Waals surface area contributed by atoms with Crippen LogP contribution >= 0.6 is 23.5 Å². The molecule has 0 atom stereocenters. The molecule has 4 N–H and O–H groups in total. The minimum Gasteiger partial charge on any atom is -0.507 e. The van der Waals surface area contributed by atoms with E-state index in [9.17, 15) is 14.7 Å². The molecular formula is C20H33NO5S2. The number of benzene rings is 1. The van der Waals surface area contributed by atoms with Gasteiger partial charge in [0, 0.05) is 28.6 Å². The highest BCUT2D eigenvalue weighted by atomic mass is 32.2. The largest absolute Gasteiger partial charge is 0.507 e. The van der Waals surface area contributed by atoms with Gasteiger partial charge in [0.2, 0.25) is 0 Å². The van der Waals surface area contributed by atoms with Crippen LogP contribution in [0.25, 0.3) is 0 Å². The summed E-state index contributed by atoms with van der Waals surface area (Å²) in [4.78, 5) is 21.2. The molecule has 0 aliphatic rings. The normalized spacial score (nSPS) is 10.9. The zero-order valence-electron chi connectivity index (χ0n) is 17.4. The first-order chi connectivity index (χ1) is 13.0. The van der Waals surface area contributed by atoms with Crippen molar-refractivity contribution in [3.63, 3.8) is 0 Å². The summed E-state index contributed by atoms with van der Waals surface area (Å²) >= 11 is 3.04. The van der Waals surface area contributed by atoms with Crippen molar-refractivity contribution in [1.82, 2.24) is 5.32 Å². The van der Waals surface area contributed by atoms with Gasteiger partial charge in [0.15, 0.2) is 0 Å². The van der Waals surface area contributed by atoms with E-state index >= 15 is 0 Å². The van der Waals surface area contributed by atoms with Crippen molar-refractivity contribution >= 4 is 35.5 Å². The summed E-state index contributed by atoms with van der Waals surface area (Å²) in [6, 6.07) is 3.92. The molecule has 1 rings (SSSR count). The molecule has 0 aliphatic carbocycles. The maximum atomic E-state index is 10.6. The molecule has 0 aromatic heterocycles. The van der Waals surface area contributed by atoms with E-state index in [1.54, 1.807) is 11.8 Å². The summed E-state index contributed by atoms with van der Waals surface area (Å²) in [5.41, 5.74) is 2.49. The van der Waals surface area contributed by atoms with E-state index in [0.717, 1.165) is 16.7 Å². The minimum absolute atomic E-state index is 0.0995. The monoisotopic (exact) mass is 431 g/mol. The number of hydrogen-bond donors (Lipinski definition) is 4. The van der Waals surface area contributed by atoms with Gasteiger partial charge in [-0.2, -0.15) is 23.5 Å². The van der Waals surface area contributed by atoms with Gasteiger partial charge in [-0.05, 0) is 30.6 Å². The third-order valence-electron chi connectivity index (χ3n) is 3.50. The lowest BCUT2D eigenvalue weighted by Gasteiger charge is -2.23. The van der Waals surface area contributed by atoms with E-state index in [-0.39, 0.29) is 24.0 Å². The van der Waals surface area contributed by atoms with Crippen molar-refractivity contribution in [2.24, 2.45) is 0 Å². The van der Waals surface area contributed by atoms with Crippen molar-refractivity contribution < 1.29 is 24.9 Å². The van der Waals surface area contributed by atoms with Crippen LogP contribution in [0.15, 0.2) is 12.1 Å². The SMILES string of the molecule is CC(C)(C)c1cc(CSCCC(=O)O)cc(CSCCC(=O)O)c1O.CNC. The second-order valence-electron chi connectivity index (χ2n) is 7.29. The predicted octanol–water partition coefficient (Wildman–Crippen LogP) is 3.94. The van der Waals surface area contributed by atoms with E-state index in [2.05, 4.69) is 5.32 Å². The molecule has 0 spiro atoms. The van der Waals surface area contributed by atoms with Crippen molar-refractivity contribution in [3.05, 3.63) is 28.8 Å². The van der Waals surface area contributed by atoms with Crippen LogP contribution < -0.4 is 5.32 Å². The molecule has 0 aliphatic heterocycles. The number of nitrogens with one attached hydrogen (secondary N) is 1. The van der Waals surface area contributed by atoms with Crippen molar-refractivity contribution in [3.8, 4) is 5.75 Å². The molecule has 28 heavy (non-hydrogen) atoms. The Labute approximate surface area is 176 Å². The molecule has 0 heterocycles. The Hall–Kier alpha value is -1.38. The molecule has 1 aromatic rings. The van der Waals surface area contributed by atoms with E-state index < -0.39 is 11.9 Å². The quantitative estimate of drug-likeness (QED) is 0.413. The zero-order chi connectivity index (χ0) is 21.7. The third-order valence-corrected chi connectivity index (χ3v) is 5.54. The maximum absolute atomic E-state index is 10.6. The lowest BCUT2D eigenvalue weighted by Crippen LogP contribution is -2.13. The molecule has 0 bridgehead atoms. The lowest BCUT2D eigenvalue weighted by atomic mass is 9.84. The Morgan fingerprint density at radius 1 is 0.964 bits per heavy atom. The third kappa shape index (κ3) is 11.5. The molecule has 160 valence electrons. The second-order valence-corrected chi connectivity index (χ2v) is 9.50. The summed E-state index contributed by atoms with van der Waals surface area (Å²) in [7, 11) is 3.75. The number of carboxylic acid groups (broad SMARTS) is 2. The molecule has 0 saturated heterocycles. The fraction of sp³-hybridized carbons (Fsp3) is 0.600. The van der Waals surface area contributed by atoms with Crippen LogP contribution in [0, 0.1) is 0 Å². The van der Waals surface area contributed by atoms with Gasteiger partial charge >= 0.3 is 11.9 Å². The molecule has 6 nitrogen and oxygen atoms in total. The molecule has 0 fully saturated rings. The Balaban J connectivity index is 0.00000227. The highest BCUT2D eigenvalue weighted by molar-refractivity contribution is 7.98. The number of phenols is 1. The van der Waals surface area contributed by atoms with Crippen LogP contribution in [0.4, 0.5) is 0 Å². The average molecular weight is 432 g/mol. The highest BCUT2D eigenvalue weighted by Gasteiger charge is 2.21. The Kier molecular flexibility index (Phi) is 13.1. The number of carbonyl (C=O) groups is 2. The summed E-state index contributed by atoms with van der Waals surface area (Å²) < 4.78 is 0. The highest BCUT2D eigenvalue weighted by Crippen LogP contribution is 2.37. The summed E-state index contributed by atoms with van der Waals surface area (Å²) in [6.45, 7) is 6.10. The summed E-state index contributed by atoms with van der Waals surface area (Å²) in [5.74, 6) is 0.926. The molecule has 0 saturated carbocycles. The minimum atomic E-state index is -0.823. The van der Waals surface area contributed by atoms with Gasteiger partial charge in [0.1, 0.15) is 5.75 Å². The fourth-order valence-corrected chi connectivity index (χ4v) is 3.99. The molecular weight excluding hydrogens is 398 g/mol. The van der Waals surface area contributed by atoms with E-state index in [1.165, 1.54) is 11.8 Å². The van der Waals surface area contributed by atoms with Crippen LogP contribution in [0.3, 0.4) is 0 Å². The summed E-state index contributed by atoms with van der Waals surface area (Å²) in [6.07, 6.45) is 0.231. The van der Waals surface area contributed by atoms with Crippen molar-refractivity contribution in [2.75, 3.05) is 25.6 Å². The van der Waals surface area contributed by atoms with Gasteiger partial charge in [-0.15, -0.1) is 0 Å². The fourth-order valence-electron chi connectivity index (χ4n) is 2.22. The van der Waals surface area contributed by atoms with Crippen LogP contribution in [0.5, 0.6) is 5.75 Å². The molecule has 0 radical (unpaired) electrons. The Morgan fingerprint density at radius 2 is 1.43 bits per heavy atom. The Morgan fingerprint density at radius 3 is 1.86 bits per heavy atom. The zero-order valence-corrected chi connectivity index (χ0v) is 19.0. The van der Waals surface area contributed by atoms with Crippen LogP contribution in [-0.4, -0.2) is 52.9 Å².